The van der Waals surface area contributed by atoms with Crippen molar-refractivity contribution in [3.05, 3.63) is 83.7 Å². The highest BCUT2D eigenvalue weighted by molar-refractivity contribution is 6.04. The Morgan fingerprint density at radius 3 is 2.42 bits per heavy atom. The Morgan fingerprint density at radius 2 is 1.74 bits per heavy atom. The first-order valence-corrected chi connectivity index (χ1v) is 9.45. The number of hydrogen-bond donors (Lipinski definition) is 1. The number of aryl methyl sites for hydroxylation is 1. The lowest BCUT2D eigenvalue weighted by Gasteiger charge is -2.12. The van der Waals surface area contributed by atoms with Crippen LogP contribution in [0.1, 0.15) is 26.4 Å². The average Bonchev–Trinajstić information content (AvgIpc) is 3.22. The number of esters is 1. The summed E-state index contributed by atoms with van der Waals surface area (Å²) in [5, 5.41) is 2.17. The van der Waals surface area contributed by atoms with Gasteiger partial charge in [-0.3, -0.25) is 14.9 Å². The number of imide groups is 1. The molecule has 0 atom stereocenters. The quantitative estimate of drug-likeness (QED) is 0.561. The number of carbonyl (C=O) groups excluding carboxylic acids is 3. The second kappa shape index (κ2) is 10.1. The van der Waals surface area contributed by atoms with Gasteiger partial charge in [-0.25, -0.2) is 4.79 Å². The van der Waals surface area contributed by atoms with Gasteiger partial charge < -0.3 is 18.8 Å². The summed E-state index contributed by atoms with van der Waals surface area (Å²) in [5.74, 6) is -1.21. The van der Waals surface area contributed by atoms with Crippen molar-refractivity contribution >= 4 is 17.8 Å². The second-order valence-electron chi connectivity index (χ2n) is 6.60. The SMILES string of the molecule is COc1cc(C(=O)OCC(=O)NC(=O)c2cccn2C)ccc1OCc1ccccc1. The fraction of sp³-hybridized carbons (Fsp3) is 0.174. The fourth-order valence-electron chi connectivity index (χ4n) is 2.79. The Balaban J connectivity index is 1.55. The first kappa shape index (κ1) is 21.6. The van der Waals surface area contributed by atoms with Gasteiger partial charge in [0.05, 0.1) is 12.7 Å². The number of rotatable bonds is 8. The number of aromatic nitrogens is 1. The molecule has 0 aliphatic heterocycles. The molecule has 0 spiro atoms. The van der Waals surface area contributed by atoms with Crippen LogP contribution in [-0.2, 0) is 23.2 Å². The average molecular weight is 422 g/mol. The Bertz CT molecular complexity index is 1070. The van der Waals surface area contributed by atoms with Gasteiger partial charge in [-0.15, -0.1) is 0 Å². The monoisotopic (exact) mass is 422 g/mol. The number of nitrogens with one attached hydrogen (secondary N) is 1. The number of ether oxygens (including phenoxy) is 3. The van der Waals surface area contributed by atoms with Gasteiger partial charge in [0.15, 0.2) is 18.1 Å². The van der Waals surface area contributed by atoms with Crippen LogP contribution in [0, 0.1) is 0 Å². The summed E-state index contributed by atoms with van der Waals surface area (Å²) in [6.45, 7) is -0.250. The molecule has 1 aromatic heterocycles. The molecule has 0 aliphatic rings. The van der Waals surface area contributed by atoms with E-state index in [9.17, 15) is 14.4 Å². The van der Waals surface area contributed by atoms with Gasteiger partial charge in [0.25, 0.3) is 11.8 Å². The van der Waals surface area contributed by atoms with Crippen LogP contribution < -0.4 is 14.8 Å². The number of nitrogens with zero attached hydrogens (tertiary/aromatic N) is 1. The second-order valence-corrected chi connectivity index (χ2v) is 6.60. The van der Waals surface area contributed by atoms with E-state index in [1.165, 1.54) is 19.2 Å². The minimum Gasteiger partial charge on any atom is -0.493 e. The van der Waals surface area contributed by atoms with Gasteiger partial charge >= 0.3 is 5.97 Å². The van der Waals surface area contributed by atoms with Crippen molar-refractivity contribution in [2.24, 2.45) is 7.05 Å². The van der Waals surface area contributed by atoms with Crippen molar-refractivity contribution in [2.75, 3.05) is 13.7 Å². The summed E-state index contributed by atoms with van der Waals surface area (Å²) < 4.78 is 17.6. The van der Waals surface area contributed by atoms with E-state index in [2.05, 4.69) is 5.32 Å². The molecule has 2 amide bonds. The highest BCUT2D eigenvalue weighted by atomic mass is 16.5. The molecule has 0 radical (unpaired) electrons. The molecule has 3 aromatic rings. The lowest BCUT2D eigenvalue weighted by Crippen LogP contribution is -2.35. The summed E-state index contributed by atoms with van der Waals surface area (Å²) in [6.07, 6.45) is 1.68. The summed E-state index contributed by atoms with van der Waals surface area (Å²) in [6, 6.07) is 17.4. The summed E-state index contributed by atoms with van der Waals surface area (Å²) in [5.41, 5.74) is 1.49. The van der Waals surface area contributed by atoms with Crippen LogP contribution in [0.2, 0.25) is 0 Å². The van der Waals surface area contributed by atoms with Gasteiger partial charge in [-0.2, -0.15) is 0 Å². The highest BCUT2D eigenvalue weighted by Crippen LogP contribution is 2.29. The lowest BCUT2D eigenvalue weighted by molar-refractivity contribution is -0.123. The minimum atomic E-state index is -0.727. The lowest BCUT2D eigenvalue weighted by atomic mass is 10.2. The molecular weight excluding hydrogens is 400 g/mol. The van der Waals surface area contributed by atoms with Crippen LogP contribution in [0.15, 0.2) is 66.9 Å². The van der Waals surface area contributed by atoms with E-state index in [1.807, 2.05) is 30.3 Å². The van der Waals surface area contributed by atoms with Crippen LogP contribution in [0.4, 0.5) is 0 Å². The standard InChI is InChI=1S/C23H22N2O6/c1-25-12-6-9-18(25)22(27)24-21(26)15-31-23(28)17-10-11-19(20(13-17)29-2)30-14-16-7-4-3-5-8-16/h3-13H,14-15H2,1-2H3,(H,24,26,27). The Kier molecular flexibility index (Phi) is 7.05. The Morgan fingerprint density at radius 1 is 0.968 bits per heavy atom. The third-order valence-electron chi connectivity index (χ3n) is 4.40. The van der Waals surface area contributed by atoms with E-state index in [1.54, 1.807) is 36.0 Å². The van der Waals surface area contributed by atoms with Gasteiger partial charge in [-0.05, 0) is 35.9 Å². The molecule has 160 valence electrons. The number of hydrogen-bond acceptors (Lipinski definition) is 6. The van der Waals surface area contributed by atoms with Gasteiger partial charge in [0.2, 0.25) is 0 Å². The fourth-order valence-corrected chi connectivity index (χ4v) is 2.79. The normalized spacial score (nSPS) is 10.3. The van der Waals surface area contributed by atoms with E-state index >= 15 is 0 Å². The molecule has 8 nitrogen and oxygen atoms in total. The molecule has 0 unspecified atom stereocenters. The van der Waals surface area contributed by atoms with E-state index in [0.29, 0.717) is 23.8 Å². The van der Waals surface area contributed by atoms with E-state index < -0.39 is 24.4 Å². The van der Waals surface area contributed by atoms with Crippen molar-refractivity contribution in [1.29, 1.82) is 0 Å². The minimum absolute atomic E-state index is 0.186. The van der Waals surface area contributed by atoms with Crippen LogP contribution in [-0.4, -0.2) is 36.1 Å². The Hall–Kier alpha value is -4.07. The maximum atomic E-state index is 12.3. The molecule has 0 bridgehead atoms. The molecule has 0 aliphatic carbocycles. The van der Waals surface area contributed by atoms with Gasteiger partial charge in [0, 0.05) is 13.2 Å². The van der Waals surface area contributed by atoms with E-state index in [-0.39, 0.29) is 5.56 Å². The summed E-state index contributed by atoms with van der Waals surface area (Å²) in [7, 11) is 3.14. The predicted molar refractivity (Wildman–Crippen MR) is 112 cm³/mol. The topological polar surface area (TPSA) is 95.9 Å². The molecule has 0 saturated carbocycles. The number of carbonyl (C=O) groups is 3. The summed E-state index contributed by atoms with van der Waals surface area (Å²) in [4.78, 5) is 36.2. The highest BCUT2D eigenvalue weighted by Gasteiger charge is 2.17. The molecule has 1 N–H and O–H groups in total. The van der Waals surface area contributed by atoms with Crippen molar-refractivity contribution in [3.8, 4) is 11.5 Å². The zero-order chi connectivity index (χ0) is 22.2. The van der Waals surface area contributed by atoms with Crippen molar-refractivity contribution in [2.45, 2.75) is 6.61 Å². The molecule has 3 rings (SSSR count). The molecule has 1 heterocycles. The van der Waals surface area contributed by atoms with Gasteiger partial charge in [0.1, 0.15) is 12.3 Å². The zero-order valence-corrected chi connectivity index (χ0v) is 17.2. The largest absolute Gasteiger partial charge is 0.493 e. The molecule has 0 saturated heterocycles. The molecule has 0 fully saturated rings. The van der Waals surface area contributed by atoms with E-state index in [4.69, 9.17) is 14.2 Å². The van der Waals surface area contributed by atoms with Crippen LogP contribution in [0.5, 0.6) is 11.5 Å². The number of benzene rings is 2. The van der Waals surface area contributed by atoms with Crippen LogP contribution >= 0.6 is 0 Å². The number of amides is 2. The first-order chi connectivity index (χ1) is 15.0. The third-order valence-corrected chi connectivity index (χ3v) is 4.40. The van der Waals surface area contributed by atoms with Crippen molar-refractivity contribution in [3.63, 3.8) is 0 Å². The Labute approximate surface area is 179 Å². The summed E-state index contributed by atoms with van der Waals surface area (Å²) >= 11 is 0. The number of methoxy groups -OCH3 is 1. The maximum absolute atomic E-state index is 12.3. The van der Waals surface area contributed by atoms with Crippen molar-refractivity contribution in [1.82, 2.24) is 9.88 Å². The molecular formula is C23H22N2O6. The molecule has 8 heteroatoms. The van der Waals surface area contributed by atoms with Gasteiger partial charge in [-0.1, -0.05) is 30.3 Å². The van der Waals surface area contributed by atoms with Crippen molar-refractivity contribution < 1.29 is 28.6 Å². The first-order valence-electron chi connectivity index (χ1n) is 9.45. The molecule has 31 heavy (non-hydrogen) atoms. The smallest absolute Gasteiger partial charge is 0.338 e. The van der Waals surface area contributed by atoms with Crippen LogP contribution in [0.25, 0.3) is 0 Å². The predicted octanol–water partition coefficient (Wildman–Crippen LogP) is 2.73. The maximum Gasteiger partial charge on any atom is 0.338 e. The van der Waals surface area contributed by atoms with E-state index in [0.717, 1.165) is 5.56 Å². The van der Waals surface area contributed by atoms with Crippen LogP contribution in [0.3, 0.4) is 0 Å². The zero-order valence-electron chi connectivity index (χ0n) is 17.2. The molecule has 2 aromatic carbocycles. The third kappa shape index (κ3) is 5.72.